The average molecular weight is 341 g/mol. The molecule has 1 atom stereocenters. The van der Waals surface area contributed by atoms with Crippen LogP contribution in [0.2, 0.25) is 0 Å². The number of esters is 1. The monoisotopic (exact) mass is 341 g/mol. The highest BCUT2D eigenvalue weighted by atomic mass is 32.2. The maximum Gasteiger partial charge on any atom is 0.337 e. The van der Waals surface area contributed by atoms with Crippen molar-refractivity contribution in [1.82, 2.24) is 8.61 Å². The number of ether oxygens (including phenoxy) is 1. The third kappa shape index (κ3) is 3.65. The van der Waals surface area contributed by atoms with Crippen molar-refractivity contribution in [2.75, 3.05) is 45.7 Å². The van der Waals surface area contributed by atoms with Gasteiger partial charge in [0.1, 0.15) is 0 Å². The van der Waals surface area contributed by atoms with Crippen LogP contribution in [-0.2, 0) is 14.9 Å². The Labute approximate surface area is 137 Å². The third-order valence-electron chi connectivity index (χ3n) is 3.98. The van der Waals surface area contributed by atoms with Gasteiger partial charge in [-0.25, -0.2) is 4.79 Å². The summed E-state index contributed by atoms with van der Waals surface area (Å²) in [7, 11) is 1.04. The second kappa shape index (κ2) is 6.86. The van der Waals surface area contributed by atoms with Gasteiger partial charge in [0.15, 0.2) is 0 Å². The van der Waals surface area contributed by atoms with Crippen LogP contribution in [0.25, 0.3) is 0 Å². The number of piperazine rings is 1. The Morgan fingerprint density at radius 2 is 1.83 bits per heavy atom. The van der Waals surface area contributed by atoms with Crippen LogP contribution in [0.3, 0.4) is 0 Å². The van der Waals surface area contributed by atoms with E-state index in [9.17, 15) is 13.2 Å². The lowest BCUT2D eigenvalue weighted by Crippen LogP contribution is -2.56. The average Bonchev–Trinajstić information content (AvgIpc) is 2.53. The molecule has 0 N–H and O–H groups in total. The van der Waals surface area contributed by atoms with Crippen molar-refractivity contribution < 1.29 is 17.9 Å². The first-order valence-corrected chi connectivity index (χ1v) is 8.79. The van der Waals surface area contributed by atoms with E-state index in [0.717, 1.165) is 5.69 Å². The molecule has 1 aromatic rings. The van der Waals surface area contributed by atoms with Gasteiger partial charge in [-0.05, 0) is 31.2 Å². The highest BCUT2D eigenvalue weighted by Crippen LogP contribution is 2.22. The molecule has 23 heavy (non-hydrogen) atoms. The van der Waals surface area contributed by atoms with Crippen LogP contribution in [0.1, 0.15) is 17.3 Å². The largest absolute Gasteiger partial charge is 0.465 e. The number of methoxy groups -OCH3 is 1. The lowest BCUT2D eigenvalue weighted by Gasteiger charge is -2.40. The van der Waals surface area contributed by atoms with E-state index in [2.05, 4.69) is 9.64 Å². The van der Waals surface area contributed by atoms with Crippen molar-refractivity contribution in [2.24, 2.45) is 0 Å². The SMILES string of the molecule is COC(=O)c1ccc(N2CCN(S(=O)(=O)N(C)C)[C@H](C)C2)cc1. The second-order valence-corrected chi connectivity index (χ2v) is 7.83. The fourth-order valence-corrected chi connectivity index (χ4v) is 3.91. The predicted octanol–water partition coefficient (Wildman–Crippen LogP) is 0.790. The summed E-state index contributed by atoms with van der Waals surface area (Å²) in [5.74, 6) is -0.369. The molecular weight excluding hydrogens is 318 g/mol. The molecule has 1 aliphatic rings. The molecule has 128 valence electrons. The molecule has 1 saturated heterocycles. The number of hydrogen-bond donors (Lipinski definition) is 0. The number of nitrogens with zero attached hydrogens (tertiary/aromatic N) is 3. The van der Waals surface area contributed by atoms with Crippen LogP contribution in [0, 0.1) is 0 Å². The highest BCUT2D eigenvalue weighted by Gasteiger charge is 2.33. The molecule has 2 rings (SSSR count). The molecule has 0 unspecified atom stereocenters. The van der Waals surface area contributed by atoms with Gasteiger partial charge in [0.2, 0.25) is 0 Å². The molecule has 1 heterocycles. The molecule has 0 amide bonds. The Kier molecular flexibility index (Phi) is 5.28. The third-order valence-corrected chi connectivity index (χ3v) is 6.04. The number of hydrogen-bond acceptors (Lipinski definition) is 5. The van der Waals surface area contributed by atoms with Gasteiger partial charge in [0.05, 0.1) is 12.7 Å². The predicted molar refractivity (Wildman–Crippen MR) is 88.8 cm³/mol. The topological polar surface area (TPSA) is 70.2 Å². The first-order chi connectivity index (χ1) is 10.8. The maximum atomic E-state index is 12.3. The summed E-state index contributed by atoms with van der Waals surface area (Å²) in [5, 5.41) is 0. The number of anilines is 1. The number of carbonyl (C=O) groups excluding carboxylic acids is 1. The lowest BCUT2D eigenvalue weighted by atomic mass is 10.1. The van der Waals surface area contributed by atoms with Crippen molar-refractivity contribution in [2.45, 2.75) is 13.0 Å². The van der Waals surface area contributed by atoms with Gasteiger partial charge in [-0.15, -0.1) is 0 Å². The first kappa shape index (κ1) is 17.7. The van der Waals surface area contributed by atoms with Crippen LogP contribution < -0.4 is 4.90 Å². The van der Waals surface area contributed by atoms with E-state index < -0.39 is 10.2 Å². The molecule has 0 spiro atoms. The van der Waals surface area contributed by atoms with Gasteiger partial charge in [-0.1, -0.05) is 0 Å². The Bertz CT molecular complexity index is 658. The Balaban J connectivity index is 2.10. The standard InChI is InChI=1S/C15H23N3O4S/c1-12-11-17(9-10-18(12)23(20,21)16(2)3)14-7-5-13(6-8-14)15(19)22-4/h5-8,12H,9-11H2,1-4H3/t12-/m1/s1. The van der Waals surface area contributed by atoms with Gasteiger partial charge in [0.25, 0.3) is 10.2 Å². The summed E-state index contributed by atoms with van der Waals surface area (Å²) >= 11 is 0. The van der Waals surface area contributed by atoms with Crippen molar-refractivity contribution >= 4 is 21.9 Å². The second-order valence-electron chi connectivity index (χ2n) is 5.73. The number of rotatable bonds is 4. The van der Waals surface area contributed by atoms with Crippen LogP contribution >= 0.6 is 0 Å². The van der Waals surface area contributed by atoms with Crippen LogP contribution in [0.15, 0.2) is 24.3 Å². The van der Waals surface area contributed by atoms with E-state index in [0.29, 0.717) is 25.2 Å². The smallest absolute Gasteiger partial charge is 0.337 e. The zero-order valence-corrected chi connectivity index (χ0v) is 14.7. The molecule has 1 aliphatic heterocycles. The van der Waals surface area contributed by atoms with Crippen LogP contribution in [0.4, 0.5) is 5.69 Å². The number of benzene rings is 1. The van der Waals surface area contributed by atoms with Crippen molar-refractivity contribution in [3.8, 4) is 0 Å². The van der Waals surface area contributed by atoms with Gasteiger partial charge in [-0.2, -0.15) is 17.0 Å². The molecule has 0 aromatic heterocycles. The molecular formula is C15H23N3O4S. The zero-order chi connectivity index (χ0) is 17.2. The summed E-state index contributed by atoms with van der Waals surface area (Å²) in [6.45, 7) is 3.54. The summed E-state index contributed by atoms with van der Waals surface area (Å²) in [6, 6.07) is 7.02. The molecule has 8 heteroatoms. The molecule has 7 nitrogen and oxygen atoms in total. The fraction of sp³-hybridized carbons (Fsp3) is 0.533. The minimum atomic E-state index is -3.40. The summed E-state index contributed by atoms with van der Waals surface area (Å²) in [4.78, 5) is 13.6. The Morgan fingerprint density at radius 1 is 1.22 bits per heavy atom. The quantitative estimate of drug-likeness (QED) is 0.757. The summed E-state index contributed by atoms with van der Waals surface area (Å²) in [5.41, 5.74) is 1.46. The summed E-state index contributed by atoms with van der Waals surface area (Å²) < 4.78 is 32.0. The van der Waals surface area contributed by atoms with E-state index in [4.69, 9.17) is 0 Å². The van der Waals surface area contributed by atoms with E-state index in [1.165, 1.54) is 15.7 Å². The first-order valence-electron chi connectivity index (χ1n) is 7.40. The zero-order valence-electron chi connectivity index (χ0n) is 13.9. The maximum absolute atomic E-state index is 12.3. The minimum Gasteiger partial charge on any atom is -0.465 e. The molecule has 1 fully saturated rings. The fourth-order valence-electron chi connectivity index (χ4n) is 2.65. The Hall–Kier alpha value is -1.64. The van der Waals surface area contributed by atoms with Gasteiger partial charge in [-0.3, -0.25) is 0 Å². The molecule has 1 aromatic carbocycles. The molecule has 0 bridgehead atoms. The van der Waals surface area contributed by atoms with Crippen molar-refractivity contribution in [3.63, 3.8) is 0 Å². The van der Waals surface area contributed by atoms with Gasteiger partial charge >= 0.3 is 5.97 Å². The van der Waals surface area contributed by atoms with Gasteiger partial charge < -0.3 is 9.64 Å². The molecule has 0 saturated carbocycles. The van der Waals surface area contributed by atoms with E-state index in [1.807, 2.05) is 19.1 Å². The van der Waals surface area contributed by atoms with E-state index in [-0.39, 0.29) is 12.0 Å². The van der Waals surface area contributed by atoms with Gasteiger partial charge in [0, 0.05) is 45.5 Å². The van der Waals surface area contributed by atoms with Crippen molar-refractivity contribution in [1.29, 1.82) is 0 Å². The van der Waals surface area contributed by atoms with E-state index >= 15 is 0 Å². The van der Waals surface area contributed by atoms with Crippen molar-refractivity contribution in [3.05, 3.63) is 29.8 Å². The van der Waals surface area contributed by atoms with Crippen LogP contribution in [-0.4, -0.2) is 69.9 Å². The Morgan fingerprint density at radius 3 is 2.30 bits per heavy atom. The van der Waals surface area contributed by atoms with Crippen LogP contribution in [0.5, 0.6) is 0 Å². The van der Waals surface area contributed by atoms with E-state index in [1.54, 1.807) is 26.2 Å². The number of carbonyl (C=O) groups is 1. The minimum absolute atomic E-state index is 0.128. The molecule has 0 radical (unpaired) electrons. The highest BCUT2D eigenvalue weighted by molar-refractivity contribution is 7.86. The normalized spacial score (nSPS) is 19.9. The lowest BCUT2D eigenvalue weighted by molar-refractivity contribution is 0.0600. The molecule has 0 aliphatic carbocycles. The summed E-state index contributed by atoms with van der Waals surface area (Å²) in [6.07, 6.45) is 0.